The average Bonchev–Trinajstić information content (AvgIpc) is 2.28. The highest BCUT2D eigenvalue weighted by atomic mass is 16.1. The first-order chi connectivity index (χ1) is 7.97. The van der Waals surface area contributed by atoms with Crippen LogP contribution in [-0.4, -0.2) is 5.78 Å². The Morgan fingerprint density at radius 1 is 1.53 bits per heavy atom. The number of nitrogens with zero attached hydrogens (tertiary/aromatic N) is 1. The topological polar surface area (TPSA) is 40.9 Å². The van der Waals surface area contributed by atoms with Crippen LogP contribution in [-0.2, 0) is 4.79 Å². The molecule has 92 valence electrons. The largest absolute Gasteiger partial charge is 0.300 e. The second-order valence-electron chi connectivity index (χ2n) is 6.14. The van der Waals surface area contributed by atoms with Gasteiger partial charge in [-0.25, -0.2) is 0 Å². The van der Waals surface area contributed by atoms with Crippen LogP contribution >= 0.6 is 0 Å². The first kappa shape index (κ1) is 12.4. The van der Waals surface area contributed by atoms with Crippen LogP contribution in [0.3, 0.4) is 0 Å². The molecular weight excluding hydrogens is 210 g/mol. The standard InChI is InChI=1S/C15H21NO/c1-10(2)11-6-12-8-14(17)4-5-15(12,3)13(7-11)9-16/h11-13H,1,4-8H2,2-3H3/t11-,12-,13-,15+/m1/s1. The van der Waals surface area contributed by atoms with Crippen molar-refractivity contribution in [1.29, 1.82) is 5.26 Å². The van der Waals surface area contributed by atoms with Crippen molar-refractivity contribution in [1.82, 2.24) is 0 Å². The molecule has 2 aliphatic carbocycles. The minimum absolute atomic E-state index is 0.0641. The zero-order valence-electron chi connectivity index (χ0n) is 10.8. The first-order valence-electron chi connectivity index (χ1n) is 6.54. The molecule has 17 heavy (non-hydrogen) atoms. The molecule has 0 aromatic heterocycles. The molecule has 2 fully saturated rings. The van der Waals surface area contributed by atoms with E-state index < -0.39 is 0 Å². The van der Waals surface area contributed by atoms with Crippen LogP contribution in [0.25, 0.3) is 0 Å². The Bertz CT molecular complexity index is 392. The molecule has 0 aromatic rings. The quantitative estimate of drug-likeness (QED) is 0.648. The van der Waals surface area contributed by atoms with Crippen LogP contribution in [0.1, 0.15) is 46.0 Å². The van der Waals surface area contributed by atoms with Gasteiger partial charge in [0.05, 0.1) is 12.0 Å². The Hall–Kier alpha value is -1.10. The monoisotopic (exact) mass is 231 g/mol. The average molecular weight is 231 g/mol. The maximum atomic E-state index is 11.6. The summed E-state index contributed by atoms with van der Waals surface area (Å²) in [5.74, 6) is 1.30. The molecule has 0 heterocycles. The van der Waals surface area contributed by atoms with E-state index in [2.05, 4.69) is 19.6 Å². The zero-order valence-corrected chi connectivity index (χ0v) is 10.8. The molecule has 4 atom stereocenters. The molecule has 0 bridgehead atoms. The van der Waals surface area contributed by atoms with E-state index in [9.17, 15) is 10.1 Å². The minimum atomic E-state index is 0.0641. The van der Waals surface area contributed by atoms with Crippen molar-refractivity contribution in [3.05, 3.63) is 12.2 Å². The summed E-state index contributed by atoms with van der Waals surface area (Å²) in [7, 11) is 0. The number of Topliss-reactive ketones (excluding diaryl/α,β-unsaturated/α-hetero) is 1. The van der Waals surface area contributed by atoms with Crippen molar-refractivity contribution in [2.75, 3.05) is 0 Å². The van der Waals surface area contributed by atoms with Crippen LogP contribution in [0.15, 0.2) is 12.2 Å². The van der Waals surface area contributed by atoms with E-state index in [-0.39, 0.29) is 11.3 Å². The molecule has 0 N–H and O–H groups in total. The van der Waals surface area contributed by atoms with Gasteiger partial charge in [-0.15, -0.1) is 0 Å². The van der Waals surface area contributed by atoms with E-state index in [0.717, 1.165) is 19.3 Å². The summed E-state index contributed by atoms with van der Waals surface area (Å²) in [5.41, 5.74) is 1.24. The molecule has 2 aliphatic rings. The lowest BCUT2D eigenvalue weighted by Gasteiger charge is -2.50. The molecule has 2 saturated carbocycles. The van der Waals surface area contributed by atoms with Gasteiger partial charge in [0, 0.05) is 12.8 Å². The maximum absolute atomic E-state index is 11.6. The van der Waals surface area contributed by atoms with Crippen molar-refractivity contribution in [3.8, 4) is 6.07 Å². The van der Waals surface area contributed by atoms with Crippen molar-refractivity contribution in [2.24, 2.45) is 23.2 Å². The number of ketones is 1. The molecule has 0 amide bonds. The van der Waals surface area contributed by atoms with Crippen LogP contribution in [0.2, 0.25) is 0 Å². The molecular formula is C15H21NO. The lowest BCUT2D eigenvalue weighted by molar-refractivity contribution is -0.127. The molecule has 2 heteroatoms. The number of rotatable bonds is 1. The van der Waals surface area contributed by atoms with Gasteiger partial charge in [-0.1, -0.05) is 19.1 Å². The number of carbonyl (C=O) groups is 1. The summed E-state index contributed by atoms with van der Waals surface area (Å²) in [5, 5.41) is 9.40. The normalized spacial score (nSPS) is 41.5. The highest BCUT2D eigenvalue weighted by Gasteiger charge is 2.49. The van der Waals surface area contributed by atoms with Crippen LogP contribution in [0.4, 0.5) is 0 Å². The first-order valence-corrected chi connectivity index (χ1v) is 6.54. The van der Waals surface area contributed by atoms with Gasteiger partial charge in [-0.3, -0.25) is 4.79 Å². The smallest absolute Gasteiger partial charge is 0.133 e. The molecule has 0 unspecified atom stereocenters. The molecule has 0 saturated heterocycles. The number of fused-ring (bicyclic) bond motifs is 1. The van der Waals surface area contributed by atoms with Gasteiger partial charge in [0.25, 0.3) is 0 Å². The third kappa shape index (κ3) is 2.04. The van der Waals surface area contributed by atoms with Gasteiger partial charge >= 0.3 is 0 Å². The number of hydrogen-bond donors (Lipinski definition) is 0. The molecule has 0 aliphatic heterocycles. The minimum Gasteiger partial charge on any atom is -0.300 e. The lowest BCUT2D eigenvalue weighted by atomic mass is 9.53. The van der Waals surface area contributed by atoms with Gasteiger partial charge in [-0.2, -0.15) is 5.26 Å². The number of hydrogen-bond acceptors (Lipinski definition) is 2. The van der Waals surface area contributed by atoms with Gasteiger partial charge in [-0.05, 0) is 43.4 Å². The van der Waals surface area contributed by atoms with Crippen LogP contribution in [0.5, 0.6) is 0 Å². The van der Waals surface area contributed by atoms with E-state index in [1.54, 1.807) is 0 Å². The summed E-state index contributed by atoms with van der Waals surface area (Å²) >= 11 is 0. The van der Waals surface area contributed by atoms with E-state index in [4.69, 9.17) is 0 Å². The summed E-state index contributed by atoms with van der Waals surface area (Å²) in [6.45, 7) is 8.30. The second-order valence-corrected chi connectivity index (χ2v) is 6.14. The van der Waals surface area contributed by atoms with E-state index >= 15 is 0 Å². The highest BCUT2D eigenvalue weighted by Crippen LogP contribution is 2.54. The van der Waals surface area contributed by atoms with Crippen molar-refractivity contribution in [3.63, 3.8) is 0 Å². The predicted molar refractivity (Wildman–Crippen MR) is 67.1 cm³/mol. The third-order valence-electron chi connectivity index (χ3n) is 5.09. The number of carbonyl (C=O) groups excluding carboxylic acids is 1. The Morgan fingerprint density at radius 3 is 2.82 bits per heavy atom. The fraction of sp³-hybridized carbons (Fsp3) is 0.733. The van der Waals surface area contributed by atoms with Gasteiger partial charge in [0.1, 0.15) is 5.78 Å². The van der Waals surface area contributed by atoms with Gasteiger partial charge < -0.3 is 0 Å². The van der Waals surface area contributed by atoms with Crippen LogP contribution in [0, 0.1) is 34.5 Å². The van der Waals surface area contributed by atoms with Crippen molar-refractivity contribution >= 4 is 5.78 Å². The van der Waals surface area contributed by atoms with Gasteiger partial charge in [0.2, 0.25) is 0 Å². The highest BCUT2D eigenvalue weighted by molar-refractivity contribution is 5.79. The summed E-state index contributed by atoms with van der Waals surface area (Å²) in [4.78, 5) is 11.6. The molecule has 0 spiro atoms. The molecule has 0 radical (unpaired) electrons. The fourth-order valence-electron chi connectivity index (χ4n) is 3.63. The molecule has 2 rings (SSSR count). The van der Waals surface area contributed by atoms with E-state index in [0.29, 0.717) is 30.5 Å². The van der Waals surface area contributed by atoms with Crippen molar-refractivity contribution in [2.45, 2.75) is 46.0 Å². The number of nitriles is 1. The summed E-state index contributed by atoms with van der Waals surface area (Å²) in [6.07, 6.45) is 4.24. The Balaban J connectivity index is 2.26. The third-order valence-corrected chi connectivity index (χ3v) is 5.09. The Kier molecular flexibility index (Phi) is 3.12. The van der Waals surface area contributed by atoms with Crippen LogP contribution < -0.4 is 0 Å². The Morgan fingerprint density at radius 2 is 2.24 bits per heavy atom. The second kappa shape index (κ2) is 4.29. The SMILES string of the molecule is C=C(C)[C@@H]1C[C@@H]2CC(=O)CC[C@]2(C)[C@@H](C#N)C1. The number of allylic oxidation sites excluding steroid dienone is 1. The molecule has 0 aromatic carbocycles. The van der Waals surface area contributed by atoms with E-state index in [1.807, 2.05) is 6.92 Å². The molecule has 2 nitrogen and oxygen atoms in total. The van der Waals surface area contributed by atoms with E-state index in [1.165, 1.54) is 5.57 Å². The fourth-order valence-corrected chi connectivity index (χ4v) is 3.63. The predicted octanol–water partition coefficient (Wildman–Crippen LogP) is 3.49. The summed E-state index contributed by atoms with van der Waals surface area (Å²) < 4.78 is 0. The van der Waals surface area contributed by atoms with Crippen molar-refractivity contribution < 1.29 is 4.79 Å². The summed E-state index contributed by atoms with van der Waals surface area (Å²) in [6, 6.07) is 2.49. The zero-order chi connectivity index (χ0) is 12.6. The lowest BCUT2D eigenvalue weighted by Crippen LogP contribution is -2.45. The maximum Gasteiger partial charge on any atom is 0.133 e. The Labute approximate surface area is 104 Å². The van der Waals surface area contributed by atoms with Gasteiger partial charge in [0.15, 0.2) is 0 Å².